The van der Waals surface area contributed by atoms with E-state index in [2.05, 4.69) is 0 Å². The van der Waals surface area contributed by atoms with Gasteiger partial charge in [-0.15, -0.1) is 0 Å². The summed E-state index contributed by atoms with van der Waals surface area (Å²) in [4.78, 5) is 28.6. The lowest BCUT2D eigenvalue weighted by Gasteiger charge is -1.61. The first-order chi connectivity index (χ1) is 3.46. The van der Waals surface area contributed by atoms with Crippen LogP contribution < -0.4 is 0 Å². The molecule has 9 heavy (non-hydrogen) atoms. The Morgan fingerprint density at radius 1 is 0.778 bits per heavy atom. The fourth-order valence-corrected chi connectivity index (χ4v) is 0. The van der Waals surface area contributed by atoms with Crippen molar-refractivity contribution in [2.24, 2.45) is 0 Å². The van der Waals surface area contributed by atoms with Gasteiger partial charge in [-0.05, 0) is 0 Å². The summed E-state index contributed by atoms with van der Waals surface area (Å²) < 4.78 is 17.5. The molecule has 56 valence electrons. The lowest BCUT2D eigenvalue weighted by Crippen LogP contribution is -1.38. The van der Waals surface area contributed by atoms with Crippen molar-refractivity contribution in [3.05, 3.63) is 0 Å². The standard InChI is InChI=1S/Al.2H3O3P.H/c;2*1-4(2)3;/h;2*4H,(H2,1,2,3);. The van der Waals surface area contributed by atoms with Crippen LogP contribution in [-0.4, -0.2) is 36.9 Å². The largest absolute Gasteiger partial charge is 0.326 e. The molecule has 0 aliphatic heterocycles. The minimum Gasteiger partial charge on any atom is -0.326 e. The van der Waals surface area contributed by atoms with Crippen LogP contribution in [0.5, 0.6) is 0 Å². The van der Waals surface area contributed by atoms with Gasteiger partial charge in [0.05, 0.1) is 17.4 Å². The van der Waals surface area contributed by atoms with Gasteiger partial charge in [0, 0.05) is 0 Å². The van der Waals surface area contributed by atoms with Crippen molar-refractivity contribution in [1.29, 1.82) is 0 Å². The van der Waals surface area contributed by atoms with Crippen LogP contribution in [0.1, 0.15) is 0 Å². The maximum atomic E-state index is 8.74. The smallest absolute Gasteiger partial charge is 0.314 e. The zero-order chi connectivity index (χ0) is 7.15. The van der Waals surface area contributed by atoms with Gasteiger partial charge < -0.3 is 19.6 Å². The molecule has 0 rings (SSSR count). The Morgan fingerprint density at radius 2 is 0.778 bits per heavy atom. The highest BCUT2D eigenvalue weighted by Crippen LogP contribution is 1.98. The second-order valence-electron chi connectivity index (χ2n) is 0.565. The van der Waals surface area contributed by atoms with Crippen molar-refractivity contribution < 1.29 is 28.7 Å². The molecule has 0 aliphatic carbocycles. The molecule has 0 atom stereocenters. The Balaban J connectivity index is -0.0000000720. The summed E-state index contributed by atoms with van der Waals surface area (Å²) in [6.45, 7) is 0. The SMILES string of the molecule is O=[PH](O)O.O=[PH](O)O.[AlH]. The van der Waals surface area contributed by atoms with Gasteiger partial charge >= 0.3 is 16.5 Å². The van der Waals surface area contributed by atoms with Crippen LogP contribution in [0.25, 0.3) is 0 Å². The van der Waals surface area contributed by atoms with Crippen molar-refractivity contribution in [1.82, 2.24) is 0 Å². The average molecular weight is 192 g/mol. The van der Waals surface area contributed by atoms with Crippen LogP contribution in [0.15, 0.2) is 0 Å². The fourth-order valence-electron chi connectivity index (χ4n) is 0. The summed E-state index contributed by atoms with van der Waals surface area (Å²) in [5.74, 6) is 0. The molecule has 0 fully saturated rings. The van der Waals surface area contributed by atoms with Crippen LogP contribution in [0.3, 0.4) is 0 Å². The predicted octanol–water partition coefficient (Wildman–Crippen LogP) is -1.93. The molecular formula is H7AlO6P2. The molecule has 0 saturated heterocycles. The van der Waals surface area contributed by atoms with Gasteiger partial charge in [0.1, 0.15) is 0 Å². The molecule has 6 nitrogen and oxygen atoms in total. The van der Waals surface area contributed by atoms with Gasteiger partial charge in [-0.1, -0.05) is 0 Å². The molecule has 0 saturated carbocycles. The van der Waals surface area contributed by atoms with Gasteiger partial charge in [-0.2, -0.15) is 0 Å². The molecule has 0 amide bonds. The van der Waals surface area contributed by atoms with Crippen molar-refractivity contribution in [2.75, 3.05) is 0 Å². The molecule has 0 aliphatic rings. The molecule has 4 N–H and O–H groups in total. The molecule has 0 bridgehead atoms. The zero-order valence-corrected chi connectivity index (χ0v) is 7.73. The van der Waals surface area contributed by atoms with Crippen molar-refractivity contribution in [3.8, 4) is 0 Å². The van der Waals surface area contributed by atoms with E-state index < -0.39 is 16.5 Å². The summed E-state index contributed by atoms with van der Waals surface area (Å²) in [7, 11) is -6.26. The molecule has 0 heterocycles. The van der Waals surface area contributed by atoms with E-state index in [-0.39, 0.29) is 17.4 Å². The lowest BCUT2D eigenvalue weighted by atomic mass is 15.8. The fraction of sp³-hybridized carbons (Fsp3) is 0. The topological polar surface area (TPSA) is 115 Å². The second kappa shape index (κ2) is 11.6. The Kier molecular flexibility index (Phi) is 21.2. The van der Waals surface area contributed by atoms with Crippen molar-refractivity contribution >= 4 is 33.9 Å². The van der Waals surface area contributed by atoms with E-state index in [1.54, 1.807) is 0 Å². The first-order valence-electron chi connectivity index (χ1n) is 1.30. The van der Waals surface area contributed by atoms with E-state index in [0.717, 1.165) is 0 Å². The highest BCUT2D eigenvalue weighted by atomic mass is 31.1. The van der Waals surface area contributed by atoms with Crippen molar-refractivity contribution in [3.63, 3.8) is 0 Å². The summed E-state index contributed by atoms with van der Waals surface area (Å²) in [5.41, 5.74) is 0. The third kappa shape index (κ3) is 595. The summed E-state index contributed by atoms with van der Waals surface area (Å²) >= 11 is 0. The summed E-state index contributed by atoms with van der Waals surface area (Å²) in [6, 6.07) is 0. The molecule has 0 aromatic heterocycles. The van der Waals surface area contributed by atoms with Gasteiger partial charge in [0.25, 0.3) is 0 Å². The minimum atomic E-state index is -3.13. The van der Waals surface area contributed by atoms with E-state index in [4.69, 9.17) is 28.7 Å². The number of hydrogen-bond donors (Lipinski definition) is 4. The molecule has 0 aromatic rings. The van der Waals surface area contributed by atoms with Gasteiger partial charge in [0.15, 0.2) is 0 Å². The van der Waals surface area contributed by atoms with Crippen molar-refractivity contribution in [2.45, 2.75) is 0 Å². The quantitative estimate of drug-likeness (QED) is 0.262. The summed E-state index contributed by atoms with van der Waals surface area (Å²) in [6.07, 6.45) is 0. The minimum absolute atomic E-state index is 0. The Hall–Kier alpha value is 0.832. The second-order valence-corrected chi connectivity index (χ2v) is 1.70. The van der Waals surface area contributed by atoms with Gasteiger partial charge in [-0.25, -0.2) is 0 Å². The molecular weight excluding hydrogens is 185 g/mol. The van der Waals surface area contributed by atoms with Crippen LogP contribution in [-0.2, 0) is 9.13 Å². The molecule has 0 aromatic carbocycles. The Morgan fingerprint density at radius 3 is 0.778 bits per heavy atom. The van der Waals surface area contributed by atoms with E-state index in [1.807, 2.05) is 0 Å². The van der Waals surface area contributed by atoms with Crippen LogP contribution in [0, 0.1) is 0 Å². The Bertz CT molecular complexity index is 69.1. The maximum absolute atomic E-state index is 8.74. The molecule has 0 spiro atoms. The molecule has 2 radical (unpaired) electrons. The molecule has 0 unspecified atom stereocenters. The van der Waals surface area contributed by atoms with E-state index in [1.165, 1.54) is 0 Å². The monoisotopic (exact) mass is 192 g/mol. The predicted molar refractivity (Wildman–Crippen MR) is 34.0 cm³/mol. The van der Waals surface area contributed by atoms with E-state index in [0.29, 0.717) is 0 Å². The summed E-state index contributed by atoms with van der Waals surface area (Å²) in [5, 5.41) is 0. The Labute approximate surface area is 63.2 Å². The third-order valence-corrected chi connectivity index (χ3v) is 0. The first kappa shape index (κ1) is 16.4. The van der Waals surface area contributed by atoms with E-state index >= 15 is 0 Å². The molecule has 9 heteroatoms. The van der Waals surface area contributed by atoms with Crippen LogP contribution in [0.4, 0.5) is 0 Å². The maximum Gasteiger partial charge on any atom is 0.314 e. The number of rotatable bonds is 0. The van der Waals surface area contributed by atoms with Gasteiger partial charge in [0.2, 0.25) is 0 Å². The van der Waals surface area contributed by atoms with Gasteiger partial charge in [-0.3, -0.25) is 9.13 Å². The van der Waals surface area contributed by atoms with Crippen LogP contribution >= 0.6 is 16.5 Å². The lowest BCUT2D eigenvalue weighted by molar-refractivity contribution is 0.403. The third-order valence-electron chi connectivity index (χ3n) is 0. The highest BCUT2D eigenvalue weighted by molar-refractivity contribution is 7.31. The highest BCUT2D eigenvalue weighted by Gasteiger charge is 1.62. The van der Waals surface area contributed by atoms with Crippen LogP contribution in [0.2, 0.25) is 0 Å². The average Bonchev–Trinajstić information content (AvgIpc) is 1.25. The zero-order valence-electron chi connectivity index (χ0n) is 4.31. The number of hydrogen-bond acceptors (Lipinski definition) is 2. The van der Waals surface area contributed by atoms with E-state index in [9.17, 15) is 0 Å². The first-order valence-corrected chi connectivity index (χ1v) is 3.91. The normalized spacial score (nSPS) is 7.78.